The highest BCUT2D eigenvalue weighted by Gasteiger charge is 2.08. The maximum atomic E-state index is 12.1. The van der Waals surface area contributed by atoms with E-state index in [1.807, 2.05) is 30.3 Å². The van der Waals surface area contributed by atoms with Crippen molar-refractivity contribution in [3.8, 4) is 0 Å². The van der Waals surface area contributed by atoms with Gasteiger partial charge in [-0.3, -0.25) is 9.78 Å². The van der Waals surface area contributed by atoms with Gasteiger partial charge in [-0.15, -0.1) is 0 Å². The zero-order valence-electron chi connectivity index (χ0n) is 11.6. The van der Waals surface area contributed by atoms with E-state index in [1.165, 1.54) is 0 Å². The molecule has 1 aromatic carbocycles. The van der Waals surface area contributed by atoms with Crippen LogP contribution in [0.4, 0.5) is 11.4 Å². The van der Waals surface area contributed by atoms with Crippen molar-refractivity contribution in [2.75, 3.05) is 30.9 Å². The zero-order chi connectivity index (χ0) is 15.1. The fraction of sp³-hybridized carbons (Fsp3) is 0.200. The minimum absolute atomic E-state index is 0.243. The monoisotopic (exact) mass is 349 g/mol. The van der Waals surface area contributed by atoms with E-state index in [-0.39, 0.29) is 5.91 Å². The summed E-state index contributed by atoms with van der Waals surface area (Å²) in [5.41, 5.74) is 1.92. The molecule has 0 bridgehead atoms. The number of hydrogen-bond acceptors (Lipinski definition) is 4. The molecule has 0 unspecified atom stereocenters. The van der Waals surface area contributed by atoms with E-state index in [0.717, 1.165) is 15.8 Å². The van der Waals surface area contributed by atoms with Crippen molar-refractivity contribution < 1.29 is 9.53 Å². The van der Waals surface area contributed by atoms with Crippen LogP contribution in [0.3, 0.4) is 0 Å². The maximum Gasteiger partial charge on any atom is 0.274 e. The lowest BCUT2D eigenvalue weighted by molar-refractivity contribution is 0.102. The zero-order valence-corrected chi connectivity index (χ0v) is 13.2. The molecule has 1 aromatic heterocycles. The van der Waals surface area contributed by atoms with Crippen LogP contribution in [-0.4, -0.2) is 31.2 Å². The number of aromatic nitrogens is 1. The van der Waals surface area contributed by atoms with E-state index < -0.39 is 0 Å². The van der Waals surface area contributed by atoms with Crippen LogP contribution >= 0.6 is 15.9 Å². The maximum absolute atomic E-state index is 12.1. The van der Waals surface area contributed by atoms with E-state index in [0.29, 0.717) is 18.8 Å². The molecule has 2 aromatic rings. The summed E-state index contributed by atoms with van der Waals surface area (Å²) in [4.78, 5) is 16.2. The van der Waals surface area contributed by atoms with Gasteiger partial charge in [0.15, 0.2) is 0 Å². The summed E-state index contributed by atoms with van der Waals surface area (Å²) >= 11 is 3.35. The van der Waals surface area contributed by atoms with Crippen molar-refractivity contribution in [2.45, 2.75) is 0 Å². The van der Waals surface area contributed by atoms with E-state index in [4.69, 9.17) is 4.74 Å². The van der Waals surface area contributed by atoms with Crippen molar-refractivity contribution in [2.24, 2.45) is 0 Å². The largest absolute Gasteiger partial charge is 0.383 e. The fourth-order valence-corrected chi connectivity index (χ4v) is 1.95. The second-order valence-corrected chi connectivity index (χ2v) is 5.23. The van der Waals surface area contributed by atoms with Gasteiger partial charge in [0.05, 0.1) is 6.61 Å². The summed E-state index contributed by atoms with van der Waals surface area (Å²) in [5.74, 6) is -0.243. The van der Waals surface area contributed by atoms with Gasteiger partial charge in [0.2, 0.25) is 0 Å². The summed E-state index contributed by atoms with van der Waals surface area (Å²) in [5, 5.41) is 5.97. The molecule has 0 radical (unpaired) electrons. The Morgan fingerprint density at radius 2 is 2.00 bits per heavy atom. The Morgan fingerprint density at radius 3 is 2.71 bits per heavy atom. The second-order valence-electron chi connectivity index (χ2n) is 4.31. The third kappa shape index (κ3) is 4.84. The molecular formula is C15H16BrN3O2. The van der Waals surface area contributed by atoms with Crippen molar-refractivity contribution in [1.82, 2.24) is 4.98 Å². The third-order valence-electron chi connectivity index (χ3n) is 2.73. The summed E-state index contributed by atoms with van der Waals surface area (Å²) in [7, 11) is 1.64. The minimum atomic E-state index is -0.243. The average molecular weight is 350 g/mol. The molecule has 0 aliphatic carbocycles. The third-order valence-corrected chi connectivity index (χ3v) is 3.26. The molecule has 21 heavy (non-hydrogen) atoms. The van der Waals surface area contributed by atoms with Crippen LogP contribution in [0.25, 0.3) is 0 Å². The summed E-state index contributed by atoms with van der Waals surface area (Å²) < 4.78 is 5.93. The molecule has 0 saturated heterocycles. The molecule has 110 valence electrons. The predicted octanol–water partition coefficient (Wildman–Crippen LogP) is 3.15. The molecule has 0 saturated carbocycles. The molecule has 1 heterocycles. The van der Waals surface area contributed by atoms with Crippen LogP contribution in [0.2, 0.25) is 0 Å². The molecule has 0 fully saturated rings. The number of ether oxygens (including phenoxy) is 1. The lowest BCUT2D eigenvalue weighted by Crippen LogP contribution is -2.14. The summed E-state index contributed by atoms with van der Waals surface area (Å²) in [6, 6.07) is 10.9. The second kappa shape index (κ2) is 7.75. The Kier molecular flexibility index (Phi) is 5.71. The van der Waals surface area contributed by atoms with Gasteiger partial charge in [-0.05, 0) is 36.4 Å². The van der Waals surface area contributed by atoms with Gasteiger partial charge in [0, 0.05) is 35.7 Å². The van der Waals surface area contributed by atoms with Crippen LogP contribution in [0.5, 0.6) is 0 Å². The van der Waals surface area contributed by atoms with Crippen LogP contribution in [-0.2, 0) is 4.74 Å². The predicted molar refractivity (Wildman–Crippen MR) is 86.7 cm³/mol. The highest BCUT2D eigenvalue weighted by atomic mass is 79.9. The smallest absolute Gasteiger partial charge is 0.274 e. The number of anilines is 2. The van der Waals surface area contributed by atoms with Crippen molar-refractivity contribution in [1.29, 1.82) is 0 Å². The van der Waals surface area contributed by atoms with Crippen molar-refractivity contribution in [3.63, 3.8) is 0 Å². The van der Waals surface area contributed by atoms with E-state index in [1.54, 1.807) is 19.4 Å². The van der Waals surface area contributed by atoms with Crippen LogP contribution in [0.1, 0.15) is 10.5 Å². The molecule has 2 rings (SSSR count). The van der Waals surface area contributed by atoms with Gasteiger partial charge in [-0.25, -0.2) is 0 Å². The van der Waals surface area contributed by atoms with Crippen LogP contribution in [0, 0.1) is 0 Å². The van der Waals surface area contributed by atoms with Gasteiger partial charge in [-0.1, -0.05) is 15.9 Å². The Hall–Kier alpha value is -1.92. The van der Waals surface area contributed by atoms with E-state index >= 15 is 0 Å². The lowest BCUT2D eigenvalue weighted by atomic mass is 10.2. The van der Waals surface area contributed by atoms with Gasteiger partial charge in [0.25, 0.3) is 5.91 Å². The van der Waals surface area contributed by atoms with Crippen LogP contribution in [0.15, 0.2) is 47.1 Å². The first kappa shape index (κ1) is 15.5. The standard InChI is InChI=1S/C15H16BrN3O2/c1-21-9-8-17-13-6-7-18-14(10-13)15(20)19-12-4-2-11(16)3-5-12/h2-7,10H,8-9H2,1H3,(H,17,18)(H,19,20). The summed E-state index contributed by atoms with van der Waals surface area (Å²) in [6.45, 7) is 1.27. The molecule has 6 heteroatoms. The van der Waals surface area contributed by atoms with Crippen molar-refractivity contribution >= 4 is 33.2 Å². The average Bonchev–Trinajstić information content (AvgIpc) is 2.50. The first-order chi connectivity index (χ1) is 10.2. The normalized spacial score (nSPS) is 10.2. The van der Waals surface area contributed by atoms with Gasteiger partial charge in [0.1, 0.15) is 5.69 Å². The number of rotatable bonds is 6. The lowest BCUT2D eigenvalue weighted by Gasteiger charge is -2.08. The quantitative estimate of drug-likeness (QED) is 0.786. The first-order valence-electron chi connectivity index (χ1n) is 6.45. The number of nitrogens with one attached hydrogen (secondary N) is 2. The Balaban J connectivity index is 2.01. The SMILES string of the molecule is COCCNc1ccnc(C(=O)Nc2ccc(Br)cc2)c1. The number of halogens is 1. The molecule has 2 N–H and O–H groups in total. The number of amides is 1. The Bertz CT molecular complexity index is 602. The molecule has 1 amide bonds. The first-order valence-corrected chi connectivity index (χ1v) is 7.24. The topological polar surface area (TPSA) is 63.2 Å². The molecule has 5 nitrogen and oxygen atoms in total. The van der Waals surface area contributed by atoms with Gasteiger partial charge < -0.3 is 15.4 Å². The number of hydrogen-bond donors (Lipinski definition) is 2. The highest BCUT2D eigenvalue weighted by Crippen LogP contribution is 2.15. The fourth-order valence-electron chi connectivity index (χ4n) is 1.69. The Labute approximate surface area is 131 Å². The highest BCUT2D eigenvalue weighted by molar-refractivity contribution is 9.10. The minimum Gasteiger partial charge on any atom is -0.383 e. The number of carbonyl (C=O) groups is 1. The Morgan fingerprint density at radius 1 is 1.24 bits per heavy atom. The summed E-state index contributed by atoms with van der Waals surface area (Å²) in [6.07, 6.45) is 1.60. The van der Waals surface area contributed by atoms with E-state index in [9.17, 15) is 4.79 Å². The number of nitrogens with zero attached hydrogens (tertiary/aromatic N) is 1. The van der Waals surface area contributed by atoms with Gasteiger partial charge in [-0.2, -0.15) is 0 Å². The molecule has 0 spiro atoms. The van der Waals surface area contributed by atoms with Crippen molar-refractivity contribution in [3.05, 3.63) is 52.8 Å². The van der Waals surface area contributed by atoms with E-state index in [2.05, 4.69) is 31.5 Å². The number of carbonyl (C=O) groups excluding carboxylic acids is 1. The van der Waals surface area contributed by atoms with Gasteiger partial charge >= 0.3 is 0 Å². The molecule has 0 atom stereocenters. The molecule has 0 aliphatic heterocycles. The molecule has 0 aliphatic rings. The number of benzene rings is 1. The van der Waals surface area contributed by atoms with Crippen LogP contribution < -0.4 is 10.6 Å². The number of pyridine rings is 1. The molecular weight excluding hydrogens is 334 g/mol. The number of methoxy groups -OCH3 is 1.